The monoisotopic (exact) mass is 692 g/mol. The van der Waals surface area contributed by atoms with Crippen molar-refractivity contribution in [3.8, 4) is 11.5 Å². The SMILES string of the molecule is COc1cc(/C=C2/SC(=Nc3ccccc3)N(C3CCCCC3)C2=O)cc(I)c1OCc1ccc(Cl)cc1Cl. The smallest absolute Gasteiger partial charge is 0.267 e. The highest BCUT2D eigenvalue weighted by molar-refractivity contribution is 14.1. The standard InChI is InChI=1S/C30H27Cl2IN2O3S/c1-37-26-15-19(14-25(33)28(26)38-18-20-12-13-21(31)17-24(20)32)16-27-29(36)35(23-10-6-3-7-11-23)30(39-27)34-22-8-4-2-5-9-22/h2,4-5,8-9,12-17,23H,3,6-7,10-11,18H2,1H3/b27-16+,34-30?. The molecule has 0 unspecified atom stereocenters. The average molecular weight is 693 g/mol. The zero-order valence-electron chi connectivity index (χ0n) is 21.3. The Morgan fingerprint density at radius 2 is 1.85 bits per heavy atom. The van der Waals surface area contributed by atoms with Crippen LogP contribution in [0.25, 0.3) is 6.08 Å². The number of para-hydroxylation sites is 1. The van der Waals surface area contributed by atoms with Crippen LogP contribution in [0.3, 0.4) is 0 Å². The molecule has 9 heteroatoms. The summed E-state index contributed by atoms with van der Waals surface area (Å²) in [5.41, 5.74) is 2.52. The maximum atomic E-state index is 13.7. The lowest BCUT2D eigenvalue weighted by molar-refractivity contribution is -0.124. The molecule has 1 saturated carbocycles. The van der Waals surface area contributed by atoms with Crippen LogP contribution in [0.2, 0.25) is 10.0 Å². The van der Waals surface area contributed by atoms with Gasteiger partial charge >= 0.3 is 0 Å². The van der Waals surface area contributed by atoms with Crippen molar-refractivity contribution in [2.24, 2.45) is 4.99 Å². The summed E-state index contributed by atoms with van der Waals surface area (Å²) >= 11 is 16.0. The summed E-state index contributed by atoms with van der Waals surface area (Å²) < 4.78 is 12.6. The number of thioether (sulfide) groups is 1. The summed E-state index contributed by atoms with van der Waals surface area (Å²) in [4.78, 5) is 21.1. The highest BCUT2D eigenvalue weighted by atomic mass is 127. The first kappa shape index (κ1) is 28.3. The Labute approximate surface area is 256 Å². The molecule has 0 atom stereocenters. The van der Waals surface area contributed by atoms with E-state index < -0.39 is 0 Å². The van der Waals surface area contributed by atoms with E-state index in [9.17, 15) is 4.79 Å². The Morgan fingerprint density at radius 3 is 2.56 bits per heavy atom. The minimum Gasteiger partial charge on any atom is -0.493 e. The van der Waals surface area contributed by atoms with Crippen LogP contribution in [0.4, 0.5) is 5.69 Å². The molecule has 2 aliphatic rings. The number of benzene rings is 3. The molecule has 0 radical (unpaired) electrons. The summed E-state index contributed by atoms with van der Waals surface area (Å²) in [6.45, 7) is 0.271. The first-order valence-corrected chi connectivity index (χ1v) is 15.4. The lowest BCUT2D eigenvalue weighted by Crippen LogP contribution is -2.40. The topological polar surface area (TPSA) is 51.1 Å². The third kappa shape index (κ3) is 6.76. The Balaban J connectivity index is 1.43. The molecule has 1 aliphatic heterocycles. The summed E-state index contributed by atoms with van der Waals surface area (Å²) in [6, 6.07) is 19.2. The molecule has 1 saturated heterocycles. The highest BCUT2D eigenvalue weighted by Crippen LogP contribution is 2.40. The Morgan fingerprint density at radius 1 is 1.08 bits per heavy atom. The van der Waals surface area contributed by atoms with Crippen molar-refractivity contribution >= 4 is 80.4 Å². The van der Waals surface area contributed by atoms with Gasteiger partial charge in [0.05, 0.1) is 21.3 Å². The van der Waals surface area contributed by atoms with Crippen molar-refractivity contribution in [3.05, 3.63) is 90.3 Å². The molecule has 5 rings (SSSR count). The van der Waals surface area contributed by atoms with Crippen molar-refractivity contribution < 1.29 is 14.3 Å². The summed E-state index contributed by atoms with van der Waals surface area (Å²) in [6.07, 6.45) is 7.41. The number of nitrogens with zero attached hydrogens (tertiary/aromatic N) is 2. The molecule has 1 aliphatic carbocycles. The van der Waals surface area contributed by atoms with E-state index >= 15 is 0 Å². The molecule has 0 N–H and O–H groups in total. The molecule has 0 aromatic heterocycles. The maximum Gasteiger partial charge on any atom is 0.267 e. The van der Waals surface area contributed by atoms with Gasteiger partial charge in [0.2, 0.25) is 0 Å². The van der Waals surface area contributed by atoms with Gasteiger partial charge in [-0.05, 0) is 95.2 Å². The van der Waals surface area contributed by atoms with Crippen LogP contribution in [-0.4, -0.2) is 29.1 Å². The number of ether oxygens (including phenoxy) is 2. The van der Waals surface area contributed by atoms with E-state index in [2.05, 4.69) is 22.6 Å². The van der Waals surface area contributed by atoms with Crippen LogP contribution < -0.4 is 9.47 Å². The van der Waals surface area contributed by atoms with Crippen LogP contribution in [0.15, 0.2) is 70.6 Å². The lowest BCUT2D eigenvalue weighted by Gasteiger charge is -2.30. The zero-order valence-corrected chi connectivity index (χ0v) is 25.8. The van der Waals surface area contributed by atoms with Gasteiger partial charge in [0, 0.05) is 21.7 Å². The van der Waals surface area contributed by atoms with E-state index in [0.717, 1.165) is 51.2 Å². The minimum absolute atomic E-state index is 0.00765. The number of hydrogen-bond donors (Lipinski definition) is 0. The van der Waals surface area contributed by atoms with Gasteiger partial charge in [-0.3, -0.25) is 9.69 Å². The summed E-state index contributed by atoms with van der Waals surface area (Å²) in [5.74, 6) is 1.21. The Hall–Kier alpha value is -2.20. The molecule has 39 heavy (non-hydrogen) atoms. The van der Waals surface area contributed by atoms with Crippen LogP contribution in [0, 0.1) is 3.57 Å². The summed E-state index contributed by atoms with van der Waals surface area (Å²) in [7, 11) is 1.61. The predicted octanol–water partition coefficient (Wildman–Crippen LogP) is 9.12. The lowest BCUT2D eigenvalue weighted by atomic mass is 9.94. The first-order chi connectivity index (χ1) is 18.9. The van der Waals surface area contributed by atoms with E-state index in [4.69, 9.17) is 37.7 Å². The van der Waals surface area contributed by atoms with Gasteiger partial charge in [0.1, 0.15) is 6.61 Å². The molecule has 202 valence electrons. The van der Waals surface area contributed by atoms with E-state index in [0.29, 0.717) is 26.4 Å². The highest BCUT2D eigenvalue weighted by Gasteiger charge is 2.38. The number of rotatable bonds is 7. The zero-order chi connectivity index (χ0) is 27.4. The number of halogens is 3. The molecule has 0 spiro atoms. The Bertz CT molecular complexity index is 1430. The first-order valence-electron chi connectivity index (χ1n) is 12.7. The maximum absolute atomic E-state index is 13.7. The van der Waals surface area contributed by atoms with Crippen LogP contribution in [-0.2, 0) is 11.4 Å². The molecule has 5 nitrogen and oxygen atoms in total. The van der Waals surface area contributed by atoms with E-state index in [1.165, 1.54) is 18.2 Å². The minimum atomic E-state index is 0.00765. The van der Waals surface area contributed by atoms with Crippen molar-refractivity contribution in [2.75, 3.05) is 7.11 Å². The quantitative estimate of drug-likeness (QED) is 0.183. The summed E-state index contributed by atoms with van der Waals surface area (Å²) in [5, 5.41) is 1.86. The number of carbonyl (C=O) groups excluding carboxylic acids is 1. The van der Waals surface area contributed by atoms with Crippen molar-refractivity contribution in [3.63, 3.8) is 0 Å². The van der Waals surface area contributed by atoms with E-state index in [1.54, 1.807) is 19.2 Å². The van der Waals surface area contributed by atoms with Gasteiger partial charge in [-0.25, -0.2) is 4.99 Å². The molecule has 2 fully saturated rings. The number of hydrogen-bond acceptors (Lipinski definition) is 5. The van der Waals surface area contributed by atoms with Crippen molar-refractivity contribution in [1.82, 2.24) is 4.90 Å². The van der Waals surface area contributed by atoms with Gasteiger partial charge in [-0.1, -0.05) is 66.7 Å². The van der Waals surface area contributed by atoms with Gasteiger partial charge in [0.25, 0.3) is 5.91 Å². The fraction of sp³-hybridized carbons (Fsp3) is 0.267. The number of amidine groups is 1. The average Bonchev–Trinajstić information content (AvgIpc) is 3.23. The largest absolute Gasteiger partial charge is 0.493 e. The fourth-order valence-electron chi connectivity index (χ4n) is 4.74. The number of methoxy groups -OCH3 is 1. The molecule has 1 amide bonds. The van der Waals surface area contributed by atoms with Gasteiger partial charge < -0.3 is 9.47 Å². The van der Waals surface area contributed by atoms with E-state index in [1.807, 2.05) is 59.5 Å². The molecule has 0 bridgehead atoms. The molecule has 3 aromatic rings. The molecular weight excluding hydrogens is 666 g/mol. The third-order valence-corrected chi connectivity index (χ3v) is 9.07. The molecule has 3 aromatic carbocycles. The normalized spacial score (nSPS) is 18.3. The third-order valence-electron chi connectivity index (χ3n) is 6.69. The predicted molar refractivity (Wildman–Crippen MR) is 169 cm³/mol. The van der Waals surface area contributed by atoms with Crippen LogP contribution in [0.1, 0.15) is 43.2 Å². The van der Waals surface area contributed by atoms with Gasteiger partial charge in [0.15, 0.2) is 16.7 Å². The molecular formula is C30H27Cl2IN2O3S. The number of amides is 1. The van der Waals surface area contributed by atoms with Crippen molar-refractivity contribution in [2.45, 2.75) is 44.8 Å². The Kier molecular flexibility index (Phi) is 9.43. The van der Waals surface area contributed by atoms with Crippen molar-refractivity contribution in [1.29, 1.82) is 0 Å². The number of carbonyl (C=O) groups is 1. The van der Waals surface area contributed by atoms with Gasteiger partial charge in [-0.2, -0.15) is 0 Å². The fourth-order valence-corrected chi connectivity index (χ4v) is 7.04. The number of aliphatic imine (C=N–C) groups is 1. The second kappa shape index (κ2) is 13.0. The van der Waals surface area contributed by atoms with Crippen LogP contribution >= 0.6 is 57.6 Å². The van der Waals surface area contributed by atoms with Crippen LogP contribution in [0.5, 0.6) is 11.5 Å². The second-order valence-corrected chi connectivity index (χ2v) is 12.4. The molecule has 1 heterocycles. The van der Waals surface area contributed by atoms with Gasteiger partial charge in [-0.15, -0.1) is 0 Å². The second-order valence-electron chi connectivity index (χ2n) is 9.37. The van der Waals surface area contributed by atoms with E-state index in [-0.39, 0.29) is 18.6 Å².